The number of hydrogen-bond donors (Lipinski definition) is 1. The molecule has 0 spiro atoms. The Hall–Kier alpha value is -0.0800. The first-order valence-corrected chi connectivity index (χ1v) is 3.46. The second kappa shape index (κ2) is 2.27. The minimum absolute atomic E-state index is 0.0345. The van der Waals surface area contributed by atoms with Crippen LogP contribution >= 0.6 is 0 Å². The molecule has 0 unspecified atom stereocenters. The first-order chi connectivity index (χ1) is 4.08. The third-order valence-corrected chi connectivity index (χ3v) is 1.26. The first-order valence-electron chi connectivity index (χ1n) is 3.46. The van der Waals surface area contributed by atoms with E-state index < -0.39 is 0 Å². The zero-order valence-electron chi connectivity index (χ0n) is 6.40. The molecule has 1 aliphatic rings. The topological polar surface area (TPSA) is 21.3 Å². The second-order valence-electron chi connectivity index (χ2n) is 3.51. The van der Waals surface area contributed by atoms with Crippen molar-refractivity contribution in [3.8, 4) is 0 Å². The van der Waals surface area contributed by atoms with Gasteiger partial charge in [-0.1, -0.05) is 0 Å². The van der Waals surface area contributed by atoms with Gasteiger partial charge in [0.2, 0.25) is 0 Å². The number of ether oxygens (including phenoxy) is 1. The van der Waals surface area contributed by atoms with E-state index in [1.54, 1.807) is 0 Å². The van der Waals surface area contributed by atoms with Crippen LogP contribution in [0.25, 0.3) is 0 Å². The second-order valence-corrected chi connectivity index (χ2v) is 3.51. The molecule has 0 saturated carbocycles. The third-order valence-electron chi connectivity index (χ3n) is 1.26. The quantitative estimate of drug-likeness (QED) is 0.564. The van der Waals surface area contributed by atoms with Crippen LogP contribution in [0.4, 0.5) is 0 Å². The van der Waals surface area contributed by atoms with Gasteiger partial charge in [-0.3, -0.25) is 0 Å². The predicted molar refractivity (Wildman–Crippen MR) is 37.5 cm³/mol. The average Bonchev–Trinajstić information content (AvgIpc) is 1.53. The van der Waals surface area contributed by atoms with Gasteiger partial charge in [0.1, 0.15) is 0 Å². The van der Waals surface area contributed by atoms with Crippen molar-refractivity contribution in [2.24, 2.45) is 0 Å². The van der Waals surface area contributed by atoms with E-state index in [2.05, 4.69) is 26.1 Å². The van der Waals surface area contributed by atoms with E-state index in [1.165, 1.54) is 0 Å². The molecule has 9 heavy (non-hydrogen) atoms. The summed E-state index contributed by atoms with van der Waals surface area (Å²) in [5.41, 5.74) is 0.0345. The zero-order valence-corrected chi connectivity index (χ0v) is 6.40. The van der Waals surface area contributed by atoms with Crippen LogP contribution in [0, 0.1) is 0 Å². The Morgan fingerprint density at radius 3 is 2.00 bits per heavy atom. The van der Waals surface area contributed by atoms with Gasteiger partial charge in [0.05, 0.1) is 11.7 Å². The van der Waals surface area contributed by atoms with Crippen molar-refractivity contribution >= 4 is 0 Å². The van der Waals surface area contributed by atoms with Crippen LogP contribution in [0.5, 0.6) is 0 Å². The maximum Gasteiger partial charge on any atom is 0.0830 e. The summed E-state index contributed by atoms with van der Waals surface area (Å²) in [5.74, 6) is 0. The van der Waals surface area contributed by atoms with E-state index in [4.69, 9.17) is 4.74 Å². The van der Waals surface area contributed by atoms with E-state index >= 15 is 0 Å². The summed E-state index contributed by atoms with van der Waals surface area (Å²) in [6.07, 6.45) is 0.463. The molecule has 1 saturated heterocycles. The molecule has 1 fully saturated rings. The molecule has 2 heteroatoms. The molecule has 1 N–H and O–H groups in total. The van der Waals surface area contributed by atoms with Gasteiger partial charge in [-0.2, -0.15) is 0 Å². The summed E-state index contributed by atoms with van der Waals surface area (Å²) in [4.78, 5) is 0. The lowest BCUT2D eigenvalue weighted by Crippen LogP contribution is -2.51. The van der Waals surface area contributed by atoms with Gasteiger partial charge in [-0.25, -0.2) is 0 Å². The van der Waals surface area contributed by atoms with Crippen LogP contribution in [0.15, 0.2) is 0 Å². The molecule has 0 atom stereocenters. The van der Waals surface area contributed by atoms with Crippen molar-refractivity contribution in [1.29, 1.82) is 0 Å². The Labute approximate surface area is 56.6 Å². The fraction of sp³-hybridized carbons (Fsp3) is 1.00. The van der Waals surface area contributed by atoms with Crippen LogP contribution in [0.3, 0.4) is 0 Å². The van der Waals surface area contributed by atoms with Gasteiger partial charge in [0.25, 0.3) is 0 Å². The molecule has 0 aliphatic carbocycles. The van der Waals surface area contributed by atoms with Gasteiger partial charge in [0.15, 0.2) is 0 Å². The molecule has 2 nitrogen and oxygen atoms in total. The van der Waals surface area contributed by atoms with Crippen LogP contribution in [0.1, 0.15) is 20.8 Å². The van der Waals surface area contributed by atoms with Crippen molar-refractivity contribution in [3.05, 3.63) is 0 Å². The monoisotopic (exact) mass is 129 g/mol. The van der Waals surface area contributed by atoms with Crippen molar-refractivity contribution in [2.75, 3.05) is 13.1 Å². The smallest absolute Gasteiger partial charge is 0.0830 e. The number of nitrogens with one attached hydrogen (secondary N) is 1. The molecular weight excluding hydrogens is 114 g/mol. The first kappa shape index (κ1) is 7.03. The van der Waals surface area contributed by atoms with E-state index in [9.17, 15) is 0 Å². The number of rotatable bonds is 1. The summed E-state index contributed by atoms with van der Waals surface area (Å²) in [6.45, 7) is 8.32. The highest BCUT2D eigenvalue weighted by Gasteiger charge is 2.23. The number of hydrogen-bond acceptors (Lipinski definition) is 2. The molecule has 0 amide bonds. The summed E-state index contributed by atoms with van der Waals surface area (Å²) >= 11 is 0. The molecule has 0 radical (unpaired) electrons. The Morgan fingerprint density at radius 1 is 1.33 bits per heavy atom. The molecule has 1 rings (SSSR count). The molecule has 0 bridgehead atoms. The normalized spacial score (nSPS) is 21.7. The minimum atomic E-state index is 0.0345. The van der Waals surface area contributed by atoms with E-state index in [0.29, 0.717) is 6.10 Å². The highest BCUT2D eigenvalue weighted by atomic mass is 16.5. The predicted octanol–water partition coefficient (Wildman–Crippen LogP) is 0.773. The standard InChI is InChI=1S/C7H15NO/c1-7(2,3)9-6-4-8-5-6/h6,8H,4-5H2,1-3H3. The maximum absolute atomic E-state index is 5.61. The lowest BCUT2D eigenvalue weighted by Gasteiger charge is -2.33. The van der Waals surface area contributed by atoms with Crippen molar-refractivity contribution < 1.29 is 4.74 Å². The third kappa shape index (κ3) is 2.33. The maximum atomic E-state index is 5.61. The molecule has 0 aromatic heterocycles. The van der Waals surface area contributed by atoms with E-state index in [1.807, 2.05) is 0 Å². The molecule has 54 valence electrons. The Bertz CT molecular complexity index is 91.6. The van der Waals surface area contributed by atoms with Crippen molar-refractivity contribution in [1.82, 2.24) is 5.32 Å². The Morgan fingerprint density at radius 2 is 1.89 bits per heavy atom. The fourth-order valence-corrected chi connectivity index (χ4v) is 0.846. The van der Waals surface area contributed by atoms with Crippen LogP contribution in [0.2, 0.25) is 0 Å². The largest absolute Gasteiger partial charge is 0.370 e. The van der Waals surface area contributed by atoms with Crippen LogP contribution in [-0.2, 0) is 4.74 Å². The van der Waals surface area contributed by atoms with Gasteiger partial charge in [-0.05, 0) is 20.8 Å². The lowest BCUT2D eigenvalue weighted by molar-refractivity contribution is -0.0797. The van der Waals surface area contributed by atoms with Gasteiger partial charge < -0.3 is 10.1 Å². The SMILES string of the molecule is CC(C)(C)OC1CNC1. The van der Waals surface area contributed by atoms with E-state index in [-0.39, 0.29) is 5.60 Å². The van der Waals surface area contributed by atoms with Gasteiger partial charge >= 0.3 is 0 Å². The van der Waals surface area contributed by atoms with Gasteiger partial charge in [0, 0.05) is 13.1 Å². The fourth-order valence-electron chi connectivity index (χ4n) is 0.846. The molecule has 0 aromatic rings. The summed E-state index contributed by atoms with van der Waals surface area (Å²) in [7, 11) is 0. The van der Waals surface area contributed by atoms with E-state index in [0.717, 1.165) is 13.1 Å². The molecular formula is C7H15NO. The lowest BCUT2D eigenvalue weighted by atomic mass is 10.1. The average molecular weight is 129 g/mol. The molecule has 1 heterocycles. The van der Waals surface area contributed by atoms with Crippen molar-refractivity contribution in [3.63, 3.8) is 0 Å². The summed E-state index contributed by atoms with van der Waals surface area (Å²) in [5, 5.41) is 3.16. The van der Waals surface area contributed by atoms with Crippen LogP contribution in [-0.4, -0.2) is 24.8 Å². The Kier molecular flexibility index (Phi) is 1.78. The zero-order chi connectivity index (χ0) is 6.91. The summed E-state index contributed by atoms with van der Waals surface area (Å²) in [6, 6.07) is 0. The highest BCUT2D eigenvalue weighted by Crippen LogP contribution is 2.12. The van der Waals surface area contributed by atoms with Gasteiger partial charge in [-0.15, -0.1) is 0 Å². The van der Waals surface area contributed by atoms with Crippen LogP contribution < -0.4 is 5.32 Å². The highest BCUT2D eigenvalue weighted by molar-refractivity contribution is 4.77. The van der Waals surface area contributed by atoms with Crippen molar-refractivity contribution in [2.45, 2.75) is 32.5 Å². The minimum Gasteiger partial charge on any atom is -0.370 e. The Balaban J connectivity index is 2.16. The molecule has 1 aliphatic heterocycles. The molecule has 0 aromatic carbocycles. The summed E-state index contributed by atoms with van der Waals surface area (Å²) < 4.78 is 5.61.